The number of nitrogens with zero attached hydrogens (tertiary/aromatic N) is 1. The number of H-pyrrole nitrogens is 1. The van der Waals surface area contributed by atoms with E-state index in [2.05, 4.69) is 4.98 Å². The SMILES string of the molecule is CC1COCCN1C(=O)c1c[nH]c2ccccc12. The van der Waals surface area contributed by atoms with Gasteiger partial charge in [-0.15, -0.1) is 0 Å². The number of ether oxygens (including phenoxy) is 1. The van der Waals surface area contributed by atoms with E-state index < -0.39 is 0 Å². The molecule has 1 unspecified atom stereocenters. The van der Waals surface area contributed by atoms with E-state index in [1.165, 1.54) is 0 Å². The summed E-state index contributed by atoms with van der Waals surface area (Å²) in [5.74, 6) is 0.0863. The van der Waals surface area contributed by atoms with Crippen molar-refractivity contribution < 1.29 is 9.53 Å². The van der Waals surface area contributed by atoms with Gasteiger partial charge in [0.1, 0.15) is 0 Å². The number of rotatable bonds is 1. The molecule has 0 radical (unpaired) electrons. The highest BCUT2D eigenvalue weighted by Gasteiger charge is 2.26. The standard InChI is InChI=1S/C14H16N2O2/c1-10-9-18-7-6-16(10)14(17)12-8-15-13-5-3-2-4-11(12)13/h2-5,8,10,15H,6-7,9H2,1H3. The molecule has 1 fully saturated rings. The van der Waals surface area contributed by atoms with Crippen molar-refractivity contribution in [3.63, 3.8) is 0 Å². The Morgan fingerprint density at radius 1 is 1.44 bits per heavy atom. The summed E-state index contributed by atoms with van der Waals surface area (Å²) in [5, 5.41) is 0.987. The second-order valence-electron chi connectivity index (χ2n) is 4.67. The number of benzene rings is 1. The van der Waals surface area contributed by atoms with Gasteiger partial charge in [0.2, 0.25) is 0 Å². The number of aromatic nitrogens is 1. The smallest absolute Gasteiger partial charge is 0.256 e. The number of morpholine rings is 1. The Morgan fingerprint density at radius 2 is 2.28 bits per heavy atom. The number of carbonyl (C=O) groups is 1. The zero-order valence-corrected chi connectivity index (χ0v) is 10.3. The fourth-order valence-corrected chi connectivity index (χ4v) is 2.43. The molecule has 4 nitrogen and oxygen atoms in total. The largest absolute Gasteiger partial charge is 0.377 e. The van der Waals surface area contributed by atoms with Crippen molar-refractivity contribution in [1.82, 2.24) is 9.88 Å². The molecular weight excluding hydrogens is 228 g/mol. The Hall–Kier alpha value is -1.81. The fourth-order valence-electron chi connectivity index (χ4n) is 2.43. The van der Waals surface area contributed by atoms with Crippen molar-refractivity contribution in [2.45, 2.75) is 13.0 Å². The van der Waals surface area contributed by atoms with Gasteiger partial charge in [0, 0.05) is 23.6 Å². The molecule has 94 valence electrons. The summed E-state index contributed by atoms with van der Waals surface area (Å²) in [7, 11) is 0. The molecule has 0 spiro atoms. The molecule has 2 heterocycles. The Kier molecular flexibility index (Phi) is 2.80. The highest BCUT2D eigenvalue weighted by atomic mass is 16.5. The van der Waals surface area contributed by atoms with E-state index in [0.717, 1.165) is 16.5 Å². The third-order valence-corrected chi connectivity index (χ3v) is 3.45. The average molecular weight is 244 g/mol. The van der Waals surface area contributed by atoms with Crippen molar-refractivity contribution in [2.24, 2.45) is 0 Å². The highest BCUT2D eigenvalue weighted by molar-refractivity contribution is 6.06. The third kappa shape index (κ3) is 1.78. The predicted octanol–water partition coefficient (Wildman–Crippen LogP) is 2.03. The number of carbonyl (C=O) groups excluding carboxylic acids is 1. The zero-order chi connectivity index (χ0) is 12.5. The van der Waals surface area contributed by atoms with Crippen molar-refractivity contribution in [3.05, 3.63) is 36.0 Å². The molecule has 1 atom stereocenters. The van der Waals surface area contributed by atoms with Gasteiger partial charge in [-0.2, -0.15) is 0 Å². The summed E-state index contributed by atoms with van der Waals surface area (Å²) >= 11 is 0. The quantitative estimate of drug-likeness (QED) is 0.834. The minimum atomic E-state index is 0.0863. The number of hydrogen-bond acceptors (Lipinski definition) is 2. The van der Waals surface area contributed by atoms with Gasteiger partial charge in [-0.05, 0) is 13.0 Å². The van der Waals surface area contributed by atoms with Crippen LogP contribution < -0.4 is 0 Å². The van der Waals surface area contributed by atoms with Crippen molar-refractivity contribution in [1.29, 1.82) is 0 Å². The molecule has 1 N–H and O–H groups in total. The van der Waals surface area contributed by atoms with E-state index in [0.29, 0.717) is 19.8 Å². The van der Waals surface area contributed by atoms with Crippen LogP contribution in [0.5, 0.6) is 0 Å². The van der Waals surface area contributed by atoms with Crippen molar-refractivity contribution >= 4 is 16.8 Å². The summed E-state index contributed by atoms with van der Waals surface area (Å²) < 4.78 is 5.37. The van der Waals surface area contributed by atoms with Crippen LogP contribution in [0, 0.1) is 0 Å². The van der Waals surface area contributed by atoms with Crippen LogP contribution in [0.25, 0.3) is 10.9 Å². The van der Waals surface area contributed by atoms with E-state index in [1.807, 2.05) is 36.1 Å². The molecule has 1 aliphatic heterocycles. The number of amides is 1. The lowest BCUT2D eigenvalue weighted by molar-refractivity contribution is 0.00371. The summed E-state index contributed by atoms with van der Waals surface area (Å²) in [6.45, 7) is 3.93. The first-order chi connectivity index (χ1) is 8.77. The molecule has 3 rings (SSSR count). The monoisotopic (exact) mass is 244 g/mol. The van der Waals surface area contributed by atoms with Crippen LogP contribution in [0.15, 0.2) is 30.5 Å². The Bertz CT molecular complexity index is 576. The molecule has 1 aromatic carbocycles. The maximum Gasteiger partial charge on any atom is 0.256 e. The van der Waals surface area contributed by atoms with E-state index in [-0.39, 0.29) is 11.9 Å². The topological polar surface area (TPSA) is 45.3 Å². The molecule has 1 amide bonds. The van der Waals surface area contributed by atoms with E-state index in [1.54, 1.807) is 6.20 Å². The Labute approximate surface area is 106 Å². The van der Waals surface area contributed by atoms with Crippen LogP contribution in [-0.4, -0.2) is 41.6 Å². The zero-order valence-electron chi connectivity index (χ0n) is 10.3. The van der Waals surface area contributed by atoms with Crippen LogP contribution in [0.4, 0.5) is 0 Å². The second kappa shape index (κ2) is 4.46. The van der Waals surface area contributed by atoms with E-state index in [4.69, 9.17) is 4.74 Å². The van der Waals surface area contributed by atoms with Gasteiger partial charge in [-0.1, -0.05) is 18.2 Å². The summed E-state index contributed by atoms with van der Waals surface area (Å²) in [6.07, 6.45) is 1.80. The van der Waals surface area contributed by atoms with Crippen LogP contribution >= 0.6 is 0 Å². The van der Waals surface area contributed by atoms with E-state index in [9.17, 15) is 4.79 Å². The molecular formula is C14H16N2O2. The lowest BCUT2D eigenvalue weighted by atomic mass is 10.1. The van der Waals surface area contributed by atoms with Crippen molar-refractivity contribution in [3.8, 4) is 0 Å². The van der Waals surface area contributed by atoms with Gasteiger partial charge in [0.25, 0.3) is 5.91 Å². The molecule has 0 bridgehead atoms. The first-order valence-electron chi connectivity index (χ1n) is 6.22. The van der Waals surface area contributed by atoms with Crippen molar-refractivity contribution in [2.75, 3.05) is 19.8 Å². The summed E-state index contributed by atoms with van der Waals surface area (Å²) in [4.78, 5) is 17.6. The van der Waals surface area contributed by atoms with Gasteiger partial charge in [-0.25, -0.2) is 0 Å². The minimum absolute atomic E-state index is 0.0863. The Morgan fingerprint density at radius 3 is 3.11 bits per heavy atom. The number of para-hydroxylation sites is 1. The molecule has 4 heteroatoms. The second-order valence-corrected chi connectivity index (χ2v) is 4.67. The summed E-state index contributed by atoms with van der Waals surface area (Å²) in [5.41, 5.74) is 1.75. The highest BCUT2D eigenvalue weighted by Crippen LogP contribution is 2.21. The summed E-state index contributed by atoms with van der Waals surface area (Å²) in [6, 6.07) is 8.01. The first-order valence-corrected chi connectivity index (χ1v) is 6.22. The van der Waals surface area contributed by atoms with Crippen LogP contribution in [0.2, 0.25) is 0 Å². The molecule has 18 heavy (non-hydrogen) atoms. The lowest BCUT2D eigenvalue weighted by Gasteiger charge is -2.33. The maximum atomic E-state index is 12.5. The maximum absolute atomic E-state index is 12.5. The van der Waals surface area contributed by atoms with Gasteiger partial charge < -0.3 is 14.6 Å². The molecule has 1 saturated heterocycles. The Balaban J connectivity index is 1.96. The minimum Gasteiger partial charge on any atom is -0.377 e. The predicted molar refractivity (Wildman–Crippen MR) is 69.6 cm³/mol. The van der Waals surface area contributed by atoms with Gasteiger partial charge in [-0.3, -0.25) is 4.79 Å². The number of aromatic amines is 1. The lowest BCUT2D eigenvalue weighted by Crippen LogP contribution is -2.47. The third-order valence-electron chi connectivity index (χ3n) is 3.45. The average Bonchev–Trinajstić information content (AvgIpc) is 2.82. The van der Waals surface area contributed by atoms with Gasteiger partial charge in [0.15, 0.2) is 0 Å². The molecule has 0 aliphatic carbocycles. The fraction of sp³-hybridized carbons (Fsp3) is 0.357. The molecule has 2 aromatic rings. The van der Waals surface area contributed by atoms with Gasteiger partial charge in [0.05, 0.1) is 24.8 Å². The first kappa shape index (κ1) is 11.3. The molecule has 1 aromatic heterocycles. The van der Waals surface area contributed by atoms with Gasteiger partial charge >= 0.3 is 0 Å². The number of hydrogen-bond donors (Lipinski definition) is 1. The number of fused-ring (bicyclic) bond motifs is 1. The van der Waals surface area contributed by atoms with Crippen LogP contribution in [-0.2, 0) is 4.74 Å². The number of nitrogens with one attached hydrogen (secondary N) is 1. The normalized spacial score (nSPS) is 20.3. The molecule has 1 aliphatic rings. The molecule has 0 saturated carbocycles. The van der Waals surface area contributed by atoms with E-state index >= 15 is 0 Å². The van der Waals surface area contributed by atoms with Crippen LogP contribution in [0.1, 0.15) is 17.3 Å². The van der Waals surface area contributed by atoms with Crippen LogP contribution in [0.3, 0.4) is 0 Å².